The van der Waals surface area contributed by atoms with E-state index in [1.165, 1.54) is 18.4 Å². The highest BCUT2D eigenvalue weighted by Gasteiger charge is 2.45. The maximum Gasteiger partial charge on any atom is 0.159 e. The van der Waals surface area contributed by atoms with E-state index < -0.39 is 0 Å². The SMILES string of the molecule is O=C1C=C2CO[C@@H]3CCCC[C@H]1[C@H]23. The maximum absolute atomic E-state index is 11.6. The van der Waals surface area contributed by atoms with Crippen LogP contribution in [0.25, 0.3) is 0 Å². The standard InChI is InChI=1S/C11H14O2/c12-9-5-7-6-13-10-4-2-1-3-8(9)11(7)10/h5,8,10-11H,1-4,6H2/t8-,10-,11+/m1/s1. The molecule has 3 rings (SSSR count). The predicted molar refractivity (Wildman–Crippen MR) is 48.3 cm³/mol. The highest BCUT2D eigenvalue weighted by atomic mass is 16.5. The summed E-state index contributed by atoms with van der Waals surface area (Å²) in [6.45, 7) is 0.720. The van der Waals surface area contributed by atoms with Crippen molar-refractivity contribution in [1.82, 2.24) is 0 Å². The molecule has 0 aromatic carbocycles. The number of rotatable bonds is 0. The highest BCUT2D eigenvalue weighted by Crippen LogP contribution is 2.44. The Bertz CT molecular complexity index is 280. The lowest BCUT2D eigenvalue weighted by Crippen LogP contribution is -2.23. The average Bonchev–Trinajstić information content (AvgIpc) is 2.55. The summed E-state index contributed by atoms with van der Waals surface area (Å²) in [5.74, 6) is 1.12. The van der Waals surface area contributed by atoms with Crippen LogP contribution in [0.3, 0.4) is 0 Å². The molecular weight excluding hydrogens is 164 g/mol. The fourth-order valence-corrected chi connectivity index (χ4v) is 3.06. The lowest BCUT2D eigenvalue weighted by atomic mass is 9.86. The van der Waals surface area contributed by atoms with Crippen molar-refractivity contribution in [1.29, 1.82) is 0 Å². The van der Waals surface area contributed by atoms with Gasteiger partial charge in [0.25, 0.3) is 0 Å². The first-order valence-corrected chi connectivity index (χ1v) is 5.22. The van der Waals surface area contributed by atoms with E-state index in [-0.39, 0.29) is 5.92 Å². The smallest absolute Gasteiger partial charge is 0.159 e. The van der Waals surface area contributed by atoms with Gasteiger partial charge in [0.15, 0.2) is 5.78 Å². The molecule has 2 aliphatic carbocycles. The molecular formula is C11H14O2. The van der Waals surface area contributed by atoms with Crippen LogP contribution >= 0.6 is 0 Å². The monoisotopic (exact) mass is 178 g/mol. The second-order valence-corrected chi connectivity index (χ2v) is 4.39. The number of hydrogen-bond acceptors (Lipinski definition) is 2. The lowest BCUT2D eigenvalue weighted by molar-refractivity contribution is -0.119. The first kappa shape index (κ1) is 7.74. The summed E-state index contributed by atoms with van der Waals surface area (Å²) < 4.78 is 5.70. The summed E-state index contributed by atoms with van der Waals surface area (Å²) in [6, 6.07) is 0. The fourth-order valence-electron chi connectivity index (χ4n) is 3.06. The molecule has 70 valence electrons. The number of ketones is 1. The van der Waals surface area contributed by atoms with E-state index in [1.807, 2.05) is 6.08 Å². The minimum absolute atomic E-state index is 0.282. The van der Waals surface area contributed by atoms with E-state index in [4.69, 9.17) is 4.74 Å². The normalized spacial score (nSPS) is 42.9. The zero-order valence-electron chi connectivity index (χ0n) is 7.66. The van der Waals surface area contributed by atoms with Crippen LogP contribution in [0.5, 0.6) is 0 Å². The van der Waals surface area contributed by atoms with Crippen molar-refractivity contribution in [3.8, 4) is 0 Å². The van der Waals surface area contributed by atoms with Crippen molar-refractivity contribution in [2.45, 2.75) is 31.8 Å². The second-order valence-electron chi connectivity index (χ2n) is 4.39. The predicted octanol–water partition coefficient (Wildman–Crippen LogP) is 1.70. The summed E-state index contributed by atoms with van der Waals surface area (Å²) >= 11 is 0. The molecule has 1 heterocycles. The van der Waals surface area contributed by atoms with Gasteiger partial charge < -0.3 is 4.74 Å². The second kappa shape index (κ2) is 2.68. The van der Waals surface area contributed by atoms with Gasteiger partial charge in [-0.3, -0.25) is 4.79 Å². The minimum atomic E-state index is 0.282. The molecule has 2 heteroatoms. The molecule has 1 saturated carbocycles. The summed E-state index contributed by atoms with van der Waals surface area (Å²) in [6.07, 6.45) is 6.90. The van der Waals surface area contributed by atoms with Gasteiger partial charge in [0.2, 0.25) is 0 Å². The Labute approximate surface area is 78.0 Å². The molecule has 0 aromatic heterocycles. The van der Waals surface area contributed by atoms with Gasteiger partial charge in [0.05, 0.1) is 12.7 Å². The van der Waals surface area contributed by atoms with Gasteiger partial charge >= 0.3 is 0 Å². The summed E-state index contributed by atoms with van der Waals surface area (Å²) in [4.78, 5) is 11.6. The van der Waals surface area contributed by atoms with Gasteiger partial charge in [0, 0.05) is 11.8 Å². The van der Waals surface area contributed by atoms with E-state index in [9.17, 15) is 4.79 Å². The number of ether oxygens (including phenoxy) is 1. The van der Waals surface area contributed by atoms with Gasteiger partial charge in [-0.25, -0.2) is 0 Å². The molecule has 0 radical (unpaired) electrons. The molecule has 0 spiro atoms. The van der Waals surface area contributed by atoms with E-state index in [0.717, 1.165) is 19.4 Å². The van der Waals surface area contributed by atoms with Crippen molar-refractivity contribution >= 4 is 5.78 Å². The summed E-state index contributed by atoms with van der Waals surface area (Å²) in [7, 11) is 0. The fraction of sp³-hybridized carbons (Fsp3) is 0.727. The minimum Gasteiger partial charge on any atom is -0.373 e. The van der Waals surface area contributed by atoms with Gasteiger partial charge in [0.1, 0.15) is 0 Å². The molecule has 0 bridgehead atoms. The number of carbonyl (C=O) groups excluding carboxylic acids is 1. The number of carbonyl (C=O) groups is 1. The molecule has 3 aliphatic rings. The number of allylic oxidation sites excluding steroid dienone is 1. The van der Waals surface area contributed by atoms with Crippen molar-refractivity contribution in [3.05, 3.63) is 11.6 Å². The third-order valence-electron chi connectivity index (χ3n) is 3.67. The van der Waals surface area contributed by atoms with Crippen LogP contribution in [-0.2, 0) is 9.53 Å². The first-order valence-electron chi connectivity index (χ1n) is 5.22. The van der Waals surface area contributed by atoms with Crippen LogP contribution < -0.4 is 0 Å². The lowest BCUT2D eigenvalue weighted by Gasteiger charge is -2.18. The largest absolute Gasteiger partial charge is 0.373 e. The Morgan fingerprint density at radius 3 is 3.08 bits per heavy atom. The third kappa shape index (κ3) is 1.01. The molecule has 0 N–H and O–H groups in total. The van der Waals surface area contributed by atoms with Crippen LogP contribution in [-0.4, -0.2) is 18.5 Å². The Morgan fingerprint density at radius 1 is 1.31 bits per heavy atom. The molecule has 13 heavy (non-hydrogen) atoms. The molecule has 0 amide bonds. The van der Waals surface area contributed by atoms with E-state index in [2.05, 4.69) is 0 Å². The maximum atomic E-state index is 11.6. The molecule has 3 atom stereocenters. The Kier molecular flexibility index (Phi) is 1.59. The van der Waals surface area contributed by atoms with Gasteiger partial charge in [-0.05, 0) is 24.5 Å². The topological polar surface area (TPSA) is 26.3 Å². The molecule has 2 nitrogen and oxygen atoms in total. The van der Waals surface area contributed by atoms with Crippen LogP contribution in [0.4, 0.5) is 0 Å². The Balaban J connectivity index is 1.98. The molecule has 0 aromatic rings. The van der Waals surface area contributed by atoms with Crippen molar-refractivity contribution in [3.63, 3.8) is 0 Å². The highest BCUT2D eigenvalue weighted by molar-refractivity contribution is 5.96. The molecule has 1 saturated heterocycles. The van der Waals surface area contributed by atoms with E-state index in [1.54, 1.807) is 0 Å². The zero-order valence-corrected chi connectivity index (χ0v) is 7.66. The van der Waals surface area contributed by atoms with Crippen molar-refractivity contribution in [2.24, 2.45) is 11.8 Å². The van der Waals surface area contributed by atoms with Crippen molar-refractivity contribution < 1.29 is 9.53 Å². The number of hydrogen-bond donors (Lipinski definition) is 0. The quantitative estimate of drug-likeness (QED) is 0.564. The summed E-state index contributed by atoms with van der Waals surface area (Å²) in [5.41, 5.74) is 1.28. The van der Waals surface area contributed by atoms with Gasteiger partial charge in [-0.2, -0.15) is 0 Å². The Morgan fingerprint density at radius 2 is 2.15 bits per heavy atom. The molecule has 0 unspecified atom stereocenters. The van der Waals surface area contributed by atoms with E-state index in [0.29, 0.717) is 17.8 Å². The average molecular weight is 178 g/mol. The van der Waals surface area contributed by atoms with Gasteiger partial charge in [-0.15, -0.1) is 0 Å². The first-order chi connectivity index (χ1) is 6.36. The Hall–Kier alpha value is -0.630. The van der Waals surface area contributed by atoms with Crippen LogP contribution in [0.2, 0.25) is 0 Å². The molecule has 1 aliphatic heterocycles. The van der Waals surface area contributed by atoms with Crippen LogP contribution in [0, 0.1) is 11.8 Å². The third-order valence-corrected chi connectivity index (χ3v) is 3.67. The molecule has 2 fully saturated rings. The van der Waals surface area contributed by atoms with E-state index >= 15 is 0 Å². The van der Waals surface area contributed by atoms with Crippen LogP contribution in [0.1, 0.15) is 25.7 Å². The van der Waals surface area contributed by atoms with Crippen LogP contribution in [0.15, 0.2) is 11.6 Å². The van der Waals surface area contributed by atoms with Gasteiger partial charge in [-0.1, -0.05) is 12.8 Å². The zero-order chi connectivity index (χ0) is 8.84. The summed E-state index contributed by atoms with van der Waals surface area (Å²) in [5, 5.41) is 0. The van der Waals surface area contributed by atoms with Crippen molar-refractivity contribution in [2.75, 3.05) is 6.61 Å².